The van der Waals surface area contributed by atoms with Crippen molar-refractivity contribution in [3.05, 3.63) is 131 Å². The molecule has 1 aromatic heterocycles. The van der Waals surface area contributed by atoms with E-state index in [9.17, 15) is 19.2 Å². The molecule has 2 heterocycles. The molecule has 4 aromatic carbocycles. The maximum absolute atomic E-state index is 13.4. The molecule has 0 atom stereocenters. The number of para-hydroxylation sites is 1. The molecular formula is C33H22N2O5. The molecule has 0 saturated heterocycles. The van der Waals surface area contributed by atoms with Crippen molar-refractivity contribution in [2.24, 2.45) is 0 Å². The van der Waals surface area contributed by atoms with Crippen LogP contribution in [0, 0.1) is 6.92 Å². The largest absolute Gasteiger partial charge is 0.454 e. The van der Waals surface area contributed by atoms with Crippen LogP contribution in [0.4, 0.5) is 5.69 Å². The molecule has 0 aliphatic carbocycles. The summed E-state index contributed by atoms with van der Waals surface area (Å²) < 4.78 is 5.24. The first-order valence-corrected chi connectivity index (χ1v) is 12.7. The average molecular weight is 527 g/mol. The Hall–Kier alpha value is -5.43. The molecule has 194 valence electrons. The molecule has 2 amide bonds. The van der Waals surface area contributed by atoms with Crippen molar-refractivity contribution in [3.63, 3.8) is 0 Å². The minimum atomic E-state index is -0.686. The highest BCUT2D eigenvalue weighted by Crippen LogP contribution is 2.34. The second-order valence-electron chi connectivity index (χ2n) is 9.40. The van der Waals surface area contributed by atoms with Gasteiger partial charge in [0.15, 0.2) is 12.4 Å². The summed E-state index contributed by atoms with van der Waals surface area (Å²) in [6, 6.07) is 30.0. The lowest BCUT2D eigenvalue weighted by atomic mass is 10.0. The highest BCUT2D eigenvalue weighted by molar-refractivity contribution is 6.37. The summed E-state index contributed by atoms with van der Waals surface area (Å²) in [5.41, 5.74) is 4.69. The molecule has 0 N–H and O–H groups in total. The number of carbonyl (C=O) groups excluding carboxylic acids is 4. The number of rotatable bonds is 6. The number of ketones is 1. The number of aromatic nitrogens is 1. The van der Waals surface area contributed by atoms with E-state index in [1.165, 1.54) is 24.3 Å². The molecule has 0 radical (unpaired) electrons. The first-order valence-electron chi connectivity index (χ1n) is 12.7. The van der Waals surface area contributed by atoms with E-state index >= 15 is 0 Å². The van der Waals surface area contributed by atoms with Gasteiger partial charge in [0.25, 0.3) is 11.8 Å². The summed E-state index contributed by atoms with van der Waals surface area (Å²) in [6.45, 7) is 1.29. The number of esters is 1. The molecular weight excluding hydrogens is 504 g/mol. The molecule has 7 heteroatoms. The SMILES string of the molecule is Cc1nc2ccccc2c2c1C(=O)N(c1ccc(C(=O)OCC(=O)c3ccc(-c4ccccc4)cc3)cc1)C2=O. The minimum absolute atomic E-state index is 0.191. The number of pyridine rings is 1. The van der Waals surface area contributed by atoms with Crippen molar-refractivity contribution in [1.29, 1.82) is 0 Å². The zero-order chi connectivity index (χ0) is 27.8. The van der Waals surface area contributed by atoms with Gasteiger partial charge in [-0.2, -0.15) is 0 Å². The number of carbonyl (C=O) groups is 4. The highest BCUT2D eigenvalue weighted by Gasteiger charge is 2.40. The van der Waals surface area contributed by atoms with Crippen molar-refractivity contribution in [2.75, 3.05) is 11.5 Å². The Morgan fingerprint density at radius 2 is 1.30 bits per heavy atom. The van der Waals surface area contributed by atoms with Crippen LogP contribution in [0.3, 0.4) is 0 Å². The molecule has 0 unspecified atom stereocenters. The van der Waals surface area contributed by atoms with Crippen LogP contribution >= 0.6 is 0 Å². The number of benzene rings is 4. The monoisotopic (exact) mass is 526 g/mol. The third-order valence-electron chi connectivity index (χ3n) is 6.92. The maximum Gasteiger partial charge on any atom is 0.338 e. The number of fused-ring (bicyclic) bond motifs is 3. The number of aryl methyl sites for hydroxylation is 1. The smallest absolute Gasteiger partial charge is 0.338 e. The van der Waals surface area contributed by atoms with Gasteiger partial charge in [-0.1, -0.05) is 72.8 Å². The molecule has 0 saturated carbocycles. The molecule has 0 fully saturated rings. The molecule has 0 spiro atoms. The van der Waals surface area contributed by atoms with Gasteiger partial charge in [0.05, 0.1) is 33.6 Å². The van der Waals surface area contributed by atoms with Crippen LogP contribution in [-0.2, 0) is 4.74 Å². The fourth-order valence-electron chi connectivity index (χ4n) is 4.89. The Labute approximate surface area is 229 Å². The third-order valence-corrected chi connectivity index (χ3v) is 6.92. The van der Waals surface area contributed by atoms with E-state index < -0.39 is 24.4 Å². The summed E-state index contributed by atoms with van der Waals surface area (Å²) in [4.78, 5) is 57.4. The predicted octanol–water partition coefficient (Wildman–Crippen LogP) is 6.05. The first-order chi connectivity index (χ1) is 19.4. The van der Waals surface area contributed by atoms with Gasteiger partial charge in [0, 0.05) is 10.9 Å². The maximum atomic E-state index is 13.4. The van der Waals surface area contributed by atoms with Crippen LogP contribution in [0.2, 0.25) is 0 Å². The molecule has 0 bridgehead atoms. The van der Waals surface area contributed by atoms with E-state index in [4.69, 9.17) is 4.74 Å². The predicted molar refractivity (Wildman–Crippen MR) is 151 cm³/mol. The van der Waals surface area contributed by atoms with E-state index in [0.29, 0.717) is 33.4 Å². The summed E-state index contributed by atoms with van der Waals surface area (Å²) in [7, 11) is 0. The highest BCUT2D eigenvalue weighted by atomic mass is 16.5. The fourth-order valence-corrected chi connectivity index (χ4v) is 4.89. The van der Waals surface area contributed by atoms with Crippen LogP contribution in [0.5, 0.6) is 0 Å². The standard InChI is InChI=1S/C33H22N2O5/c1-20-29-30(26-9-5-6-10-27(26)34-20)32(38)35(31(29)37)25-17-15-24(16-18-25)33(39)40-19-28(36)23-13-11-22(12-14-23)21-7-3-2-4-8-21/h2-18H,19H2,1H3. The van der Waals surface area contributed by atoms with Gasteiger partial charge in [-0.15, -0.1) is 0 Å². The Morgan fingerprint density at radius 3 is 2.02 bits per heavy atom. The van der Waals surface area contributed by atoms with Crippen LogP contribution in [0.25, 0.3) is 22.0 Å². The lowest BCUT2D eigenvalue weighted by molar-refractivity contribution is 0.0474. The van der Waals surface area contributed by atoms with Gasteiger partial charge in [0.1, 0.15) is 0 Å². The van der Waals surface area contributed by atoms with E-state index in [2.05, 4.69) is 4.98 Å². The van der Waals surface area contributed by atoms with Crippen LogP contribution < -0.4 is 4.90 Å². The Morgan fingerprint density at radius 1 is 0.700 bits per heavy atom. The van der Waals surface area contributed by atoms with Crippen LogP contribution in [0.1, 0.15) is 47.1 Å². The van der Waals surface area contributed by atoms with E-state index in [0.717, 1.165) is 16.0 Å². The van der Waals surface area contributed by atoms with Crippen LogP contribution in [0.15, 0.2) is 103 Å². The number of hydrogen-bond acceptors (Lipinski definition) is 6. The number of imide groups is 1. The molecule has 40 heavy (non-hydrogen) atoms. The topological polar surface area (TPSA) is 93.6 Å². The van der Waals surface area contributed by atoms with Crippen molar-refractivity contribution in [1.82, 2.24) is 4.98 Å². The number of amides is 2. The number of nitrogens with zero attached hydrogens (tertiary/aromatic N) is 2. The molecule has 1 aliphatic heterocycles. The van der Waals surface area contributed by atoms with Gasteiger partial charge in [0.2, 0.25) is 0 Å². The van der Waals surface area contributed by atoms with Crippen molar-refractivity contribution in [2.45, 2.75) is 6.92 Å². The molecule has 6 rings (SSSR count). The van der Waals surface area contributed by atoms with Crippen molar-refractivity contribution in [3.8, 4) is 11.1 Å². The lowest BCUT2D eigenvalue weighted by Crippen LogP contribution is -2.29. The summed E-state index contributed by atoms with van der Waals surface area (Å²) >= 11 is 0. The van der Waals surface area contributed by atoms with Gasteiger partial charge >= 0.3 is 5.97 Å². The van der Waals surface area contributed by atoms with Crippen molar-refractivity contribution < 1.29 is 23.9 Å². The van der Waals surface area contributed by atoms with Gasteiger partial charge in [-0.3, -0.25) is 19.4 Å². The lowest BCUT2D eigenvalue weighted by Gasteiger charge is -2.14. The zero-order valence-electron chi connectivity index (χ0n) is 21.5. The Bertz CT molecular complexity index is 1810. The Balaban J connectivity index is 1.14. The quantitative estimate of drug-likeness (QED) is 0.152. The second kappa shape index (κ2) is 10.0. The molecule has 7 nitrogen and oxygen atoms in total. The van der Waals surface area contributed by atoms with E-state index in [-0.39, 0.29) is 16.9 Å². The summed E-state index contributed by atoms with van der Waals surface area (Å²) in [5.74, 6) is -1.92. The summed E-state index contributed by atoms with van der Waals surface area (Å²) in [6.07, 6.45) is 0. The van der Waals surface area contributed by atoms with Gasteiger partial charge in [-0.25, -0.2) is 9.69 Å². The fraction of sp³-hybridized carbons (Fsp3) is 0.0606. The third kappa shape index (κ3) is 4.33. The van der Waals surface area contributed by atoms with Crippen LogP contribution in [-0.4, -0.2) is 35.2 Å². The number of Topliss-reactive ketones (excluding diaryl/α,β-unsaturated/α-hetero) is 1. The first kappa shape index (κ1) is 24.9. The number of hydrogen-bond donors (Lipinski definition) is 0. The van der Waals surface area contributed by atoms with Gasteiger partial charge in [-0.05, 0) is 48.4 Å². The van der Waals surface area contributed by atoms with Gasteiger partial charge < -0.3 is 4.74 Å². The Kier molecular flexibility index (Phi) is 6.24. The number of ether oxygens (including phenoxy) is 1. The molecule has 1 aliphatic rings. The summed E-state index contributed by atoms with van der Waals surface area (Å²) in [5, 5.41) is 0.614. The number of anilines is 1. The minimum Gasteiger partial charge on any atom is -0.454 e. The van der Waals surface area contributed by atoms with E-state index in [1.807, 2.05) is 48.5 Å². The second-order valence-corrected chi connectivity index (χ2v) is 9.40. The zero-order valence-corrected chi connectivity index (χ0v) is 21.5. The molecule has 5 aromatic rings. The van der Waals surface area contributed by atoms with E-state index in [1.54, 1.807) is 37.3 Å². The average Bonchev–Trinajstić information content (AvgIpc) is 3.26. The van der Waals surface area contributed by atoms with Crippen molar-refractivity contribution >= 4 is 40.2 Å². The normalized spacial score (nSPS) is 12.5.